The molecule has 1 atom stereocenters. The minimum atomic E-state index is -0.172. The maximum atomic E-state index is 12.6. The van der Waals surface area contributed by atoms with Gasteiger partial charge < -0.3 is 4.90 Å². The van der Waals surface area contributed by atoms with Crippen molar-refractivity contribution in [3.8, 4) is 5.82 Å². The number of amides is 1. The largest absolute Gasteiger partial charge is 0.332 e. The van der Waals surface area contributed by atoms with Crippen LogP contribution in [0.2, 0.25) is 0 Å². The zero-order chi connectivity index (χ0) is 16.6. The molecule has 0 radical (unpaired) electrons. The lowest BCUT2D eigenvalue weighted by molar-refractivity contribution is 0.0734. The van der Waals surface area contributed by atoms with Gasteiger partial charge in [-0.2, -0.15) is 9.78 Å². The number of nitrogens with one attached hydrogen (secondary N) is 1. The standard InChI is InChI=1S/C13H16N8OS/c1-7(12-8(2)23-9(3)15-12)20(4)13(22)10-5-11(17-16-10)21-6-14-18-19-21/h5-7H,1-4H3,(H,16,17). The van der Waals surface area contributed by atoms with Gasteiger partial charge in [0.2, 0.25) is 0 Å². The third-order valence-electron chi connectivity index (χ3n) is 3.61. The van der Waals surface area contributed by atoms with Crippen LogP contribution in [0, 0.1) is 13.8 Å². The molecule has 0 fully saturated rings. The van der Waals surface area contributed by atoms with Gasteiger partial charge in [-0.1, -0.05) is 0 Å². The van der Waals surface area contributed by atoms with Crippen LogP contribution in [0.25, 0.3) is 5.82 Å². The summed E-state index contributed by atoms with van der Waals surface area (Å²) < 4.78 is 1.38. The third kappa shape index (κ3) is 2.84. The average molecular weight is 332 g/mol. The van der Waals surface area contributed by atoms with Crippen molar-refractivity contribution in [2.45, 2.75) is 26.8 Å². The average Bonchev–Trinajstić information content (AvgIpc) is 3.24. The van der Waals surface area contributed by atoms with Crippen LogP contribution in [0.5, 0.6) is 0 Å². The fourth-order valence-corrected chi connectivity index (χ4v) is 3.19. The summed E-state index contributed by atoms with van der Waals surface area (Å²) in [5.41, 5.74) is 1.29. The van der Waals surface area contributed by atoms with Crippen LogP contribution in [-0.4, -0.2) is 53.2 Å². The lowest BCUT2D eigenvalue weighted by Gasteiger charge is -2.23. The van der Waals surface area contributed by atoms with Crippen LogP contribution >= 0.6 is 11.3 Å². The monoisotopic (exact) mass is 332 g/mol. The number of hydrogen-bond donors (Lipinski definition) is 1. The molecule has 0 aliphatic carbocycles. The summed E-state index contributed by atoms with van der Waals surface area (Å²) in [6, 6.07) is 1.48. The van der Waals surface area contributed by atoms with Gasteiger partial charge in [0.1, 0.15) is 12.0 Å². The van der Waals surface area contributed by atoms with Crippen molar-refractivity contribution in [3.63, 3.8) is 0 Å². The Labute approximate surface area is 136 Å². The van der Waals surface area contributed by atoms with Crippen molar-refractivity contribution >= 4 is 17.2 Å². The second-order valence-electron chi connectivity index (χ2n) is 5.16. The molecule has 1 amide bonds. The minimum Gasteiger partial charge on any atom is -0.332 e. The van der Waals surface area contributed by atoms with Gasteiger partial charge in [0, 0.05) is 18.0 Å². The van der Waals surface area contributed by atoms with Crippen LogP contribution in [0.1, 0.15) is 39.0 Å². The Morgan fingerprint density at radius 3 is 2.83 bits per heavy atom. The number of aryl methyl sites for hydroxylation is 2. The van der Waals surface area contributed by atoms with E-state index in [1.165, 1.54) is 11.0 Å². The maximum absolute atomic E-state index is 12.6. The van der Waals surface area contributed by atoms with Crippen LogP contribution in [0.4, 0.5) is 0 Å². The molecule has 120 valence electrons. The molecule has 3 aromatic heterocycles. The highest BCUT2D eigenvalue weighted by Crippen LogP contribution is 2.26. The zero-order valence-electron chi connectivity index (χ0n) is 13.2. The summed E-state index contributed by atoms with van der Waals surface area (Å²) >= 11 is 1.63. The highest BCUT2D eigenvalue weighted by Gasteiger charge is 2.24. The molecule has 0 spiro atoms. The molecule has 10 heteroatoms. The van der Waals surface area contributed by atoms with E-state index < -0.39 is 0 Å². The van der Waals surface area contributed by atoms with Gasteiger partial charge in [-0.25, -0.2) is 4.98 Å². The third-order valence-corrected chi connectivity index (χ3v) is 4.52. The number of carbonyl (C=O) groups excluding carboxylic acids is 1. The number of carbonyl (C=O) groups is 1. The Balaban J connectivity index is 1.81. The van der Waals surface area contributed by atoms with E-state index in [1.54, 1.807) is 29.4 Å². The number of H-pyrrole nitrogens is 1. The second kappa shape index (κ2) is 5.88. The second-order valence-corrected chi connectivity index (χ2v) is 6.57. The molecule has 0 bridgehead atoms. The number of thiazole rings is 1. The first-order valence-corrected chi connectivity index (χ1v) is 7.79. The number of tetrazole rings is 1. The smallest absolute Gasteiger partial charge is 0.272 e. The molecule has 3 rings (SSSR count). The Kier molecular flexibility index (Phi) is 3.90. The Hall–Kier alpha value is -2.62. The van der Waals surface area contributed by atoms with E-state index in [-0.39, 0.29) is 11.9 Å². The van der Waals surface area contributed by atoms with Crippen molar-refractivity contribution in [2.24, 2.45) is 0 Å². The van der Waals surface area contributed by atoms with E-state index in [2.05, 4.69) is 30.7 Å². The van der Waals surface area contributed by atoms with Crippen LogP contribution in [0.15, 0.2) is 12.4 Å². The van der Waals surface area contributed by atoms with Gasteiger partial charge in [0.05, 0.1) is 16.7 Å². The van der Waals surface area contributed by atoms with Crippen molar-refractivity contribution in [2.75, 3.05) is 7.05 Å². The molecule has 0 aromatic carbocycles. The van der Waals surface area contributed by atoms with E-state index in [4.69, 9.17) is 0 Å². The van der Waals surface area contributed by atoms with Crippen LogP contribution < -0.4 is 0 Å². The van der Waals surface area contributed by atoms with Gasteiger partial charge in [-0.3, -0.25) is 9.89 Å². The maximum Gasteiger partial charge on any atom is 0.272 e. The number of nitrogens with zero attached hydrogens (tertiary/aromatic N) is 7. The molecule has 0 aliphatic rings. The molecule has 0 saturated carbocycles. The lowest BCUT2D eigenvalue weighted by atomic mass is 10.2. The first kappa shape index (κ1) is 15.3. The molecule has 23 heavy (non-hydrogen) atoms. The highest BCUT2D eigenvalue weighted by molar-refractivity contribution is 7.11. The molecule has 3 heterocycles. The molecule has 3 aromatic rings. The van der Waals surface area contributed by atoms with E-state index >= 15 is 0 Å². The normalized spacial score (nSPS) is 12.3. The molecular weight excluding hydrogens is 316 g/mol. The fraction of sp³-hybridized carbons (Fsp3) is 0.385. The van der Waals surface area contributed by atoms with Gasteiger partial charge in [-0.15, -0.1) is 16.4 Å². The van der Waals surface area contributed by atoms with Gasteiger partial charge in [0.15, 0.2) is 5.82 Å². The van der Waals surface area contributed by atoms with Gasteiger partial charge in [0.25, 0.3) is 5.91 Å². The predicted molar refractivity (Wildman–Crippen MR) is 83.4 cm³/mol. The molecule has 1 N–H and O–H groups in total. The van der Waals surface area contributed by atoms with Crippen LogP contribution in [0.3, 0.4) is 0 Å². The van der Waals surface area contributed by atoms with E-state index in [0.717, 1.165) is 15.6 Å². The van der Waals surface area contributed by atoms with Crippen LogP contribution in [-0.2, 0) is 0 Å². The van der Waals surface area contributed by atoms with Crippen molar-refractivity contribution in [3.05, 3.63) is 33.7 Å². The fourth-order valence-electron chi connectivity index (χ4n) is 2.29. The summed E-state index contributed by atoms with van der Waals surface area (Å²) in [5.74, 6) is 0.287. The van der Waals surface area contributed by atoms with Gasteiger partial charge >= 0.3 is 0 Å². The van der Waals surface area contributed by atoms with Gasteiger partial charge in [-0.05, 0) is 31.2 Å². The van der Waals surface area contributed by atoms with E-state index in [9.17, 15) is 4.79 Å². The zero-order valence-corrected chi connectivity index (χ0v) is 14.0. The van der Waals surface area contributed by atoms with E-state index in [0.29, 0.717) is 11.5 Å². The summed E-state index contributed by atoms with van der Waals surface area (Å²) in [7, 11) is 1.75. The number of rotatable bonds is 4. The van der Waals surface area contributed by atoms with Crippen molar-refractivity contribution in [1.29, 1.82) is 0 Å². The van der Waals surface area contributed by atoms with E-state index in [1.807, 2.05) is 20.8 Å². The number of hydrogen-bond acceptors (Lipinski definition) is 7. The molecule has 0 saturated heterocycles. The summed E-state index contributed by atoms with van der Waals surface area (Å²) in [6.07, 6.45) is 1.41. The van der Waals surface area contributed by atoms with Crippen molar-refractivity contribution < 1.29 is 4.79 Å². The predicted octanol–water partition coefficient (Wildman–Crippen LogP) is 1.29. The lowest BCUT2D eigenvalue weighted by Crippen LogP contribution is -2.30. The molecular formula is C13H16N8OS. The topological polar surface area (TPSA) is 105 Å². The summed E-state index contributed by atoms with van der Waals surface area (Å²) in [5, 5.41) is 18.6. The first-order valence-electron chi connectivity index (χ1n) is 6.97. The molecule has 1 unspecified atom stereocenters. The minimum absolute atomic E-state index is 0.132. The SMILES string of the molecule is Cc1nc(C(C)N(C)C(=O)c2cc(-n3cnnn3)n[nH]2)c(C)s1. The quantitative estimate of drug-likeness (QED) is 0.772. The Bertz CT molecular complexity index is 821. The summed E-state index contributed by atoms with van der Waals surface area (Å²) in [6.45, 7) is 5.93. The first-order chi connectivity index (χ1) is 11.0. The van der Waals surface area contributed by atoms with Crippen molar-refractivity contribution in [1.82, 2.24) is 40.3 Å². The highest BCUT2D eigenvalue weighted by atomic mass is 32.1. The molecule has 0 aliphatic heterocycles. The Morgan fingerprint density at radius 1 is 1.43 bits per heavy atom. The Morgan fingerprint density at radius 2 is 2.22 bits per heavy atom. The summed E-state index contributed by atoms with van der Waals surface area (Å²) in [4.78, 5) is 19.9. The number of aromatic amines is 1. The number of aromatic nitrogens is 7. The molecule has 9 nitrogen and oxygen atoms in total.